The Kier molecular flexibility index (Phi) is 20.8. The first kappa shape index (κ1) is 30.7. The first-order valence-electron chi connectivity index (χ1n) is 13.6. The van der Waals surface area contributed by atoms with Crippen LogP contribution in [0.4, 0.5) is 0 Å². The van der Waals surface area contributed by atoms with Gasteiger partial charge in [0.15, 0.2) is 0 Å². The fraction of sp³-hybridized carbons (Fsp3) is 0.857. The van der Waals surface area contributed by atoms with Gasteiger partial charge in [0.2, 0.25) is 0 Å². The van der Waals surface area contributed by atoms with Gasteiger partial charge < -0.3 is 0 Å². The Morgan fingerprint density at radius 2 is 0.567 bits per heavy atom. The van der Waals surface area contributed by atoms with Crippen LogP contribution in [0, 0.1) is 19.7 Å². The van der Waals surface area contributed by atoms with Crippen molar-refractivity contribution < 1.29 is 0 Å². The third-order valence-corrected chi connectivity index (χ3v) is 33.0. The molecule has 0 saturated heterocycles. The summed E-state index contributed by atoms with van der Waals surface area (Å²) in [5.41, 5.74) is 0. The van der Waals surface area contributed by atoms with Gasteiger partial charge in [-0.2, -0.15) is 0 Å². The molecule has 0 saturated carbocycles. The second kappa shape index (κ2) is 20.3. The molecular formula is C28H54Sn2. The minimum atomic E-state index is -2.34. The molecule has 0 aliphatic heterocycles. The predicted octanol–water partition coefficient (Wildman–Crippen LogP) is 9.77. The average Bonchev–Trinajstić information content (AvgIpc) is 2.77. The van der Waals surface area contributed by atoms with Crippen molar-refractivity contribution in [3.05, 3.63) is 0 Å². The van der Waals surface area contributed by atoms with Crippen molar-refractivity contribution in [1.29, 1.82) is 0 Å². The molecule has 0 radical (unpaired) electrons. The molecule has 2 heteroatoms. The van der Waals surface area contributed by atoms with Crippen LogP contribution in [-0.4, -0.2) is 36.8 Å². The molecule has 0 heterocycles. The van der Waals surface area contributed by atoms with Crippen LogP contribution in [0.3, 0.4) is 0 Å². The van der Waals surface area contributed by atoms with Crippen molar-refractivity contribution in [2.24, 2.45) is 0 Å². The van der Waals surface area contributed by atoms with Crippen molar-refractivity contribution in [3.63, 3.8) is 0 Å². The van der Waals surface area contributed by atoms with Gasteiger partial charge in [-0.05, 0) is 0 Å². The van der Waals surface area contributed by atoms with E-state index in [4.69, 9.17) is 0 Å². The maximum absolute atomic E-state index is 4.00. The van der Waals surface area contributed by atoms with Crippen molar-refractivity contribution >= 4 is 36.8 Å². The van der Waals surface area contributed by atoms with Gasteiger partial charge >= 0.3 is 202 Å². The zero-order chi connectivity index (χ0) is 22.6. The Morgan fingerprint density at radius 1 is 0.367 bits per heavy atom. The Balaban J connectivity index is 5.73. The Hall–Kier alpha value is 0.717. The molecule has 0 spiro atoms. The van der Waals surface area contributed by atoms with E-state index in [0.717, 1.165) is 0 Å². The number of unbranched alkanes of at least 4 members (excludes halogenated alkanes) is 6. The van der Waals surface area contributed by atoms with Gasteiger partial charge in [-0.25, -0.2) is 0 Å². The van der Waals surface area contributed by atoms with Gasteiger partial charge in [0.25, 0.3) is 0 Å². The Labute approximate surface area is 200 Å². The molecule has 0 aromatic rings. The third kappa shape index (κ3) is 14.0. The summed E-state index contributed by atoms with van der Waals surface area (Å²) in [5.74, 6) is 7.14. The molecule has 0 bridgehead atoms. The monoisotopic (exact) mass is 630 g/mol. The van der Waals surface area contributed by atoms with Crippen LogP contribution < -0.4 is 0 Å². The second-order valence-corrected chi connectivity index (χ2v) is 34.3. The molecule has 174 valence electrons. The first-order chi connectivity index (χ1) is 14.6. The van der Waals surface area contributed by atoms with Crippen LogP contribution in [0.1, 0.15) is 119 Å². The van der Waals surface area contributed by atoms with E-state index in [1.807, 2.05) is 0 Å². The molecule has 30 heavy (non-hydrogen) atoms. The normalized spacial score (nSPS) is 11.5. The van der Waals surface area contributed by atoms with E-state index in [2.05, 4.69) is 61.3 Å². The third-order valence-electron chi connectivity index (χ3n) is 6.77. The SMILES string of the molecule is CCC[CH2][Sn]([C]#CC#[C][Sn]([CH2]CCC)([CH2]CCC)[CH2]CCC)([CH2]CCC)[CH2]CCC. The topological polar surface area (TPSA) is 0 Å². The molecule has 0 aliphatic carbocycles. The standard InChI is InChI=1S/6C4H9.C4.2Sn/c7*1-3-4-2;;/h6*1,3-4H2,2H3;;;. The molecule has 0 amide bonds. The van der Waals surface area contributed by atoms with E-state index in [0.29, 0.717) is 0 Å². The molecule has 0 N–H and O–H groups in total. The van der Waals surface area contributed by atoms with E-state index in [1.165, 1.54) is 104 Å². The number of hydrogen-bond acceptors (Lipinski definition) is 0. The van der Waals surface area contributed by atoms with Crippen LogP contribution in [0.15, 0.2) is 0 Å². The summed E-state index contributed by atoms with van der Waals surface area (Å²) in [6, 6.07) is 0. The van der Waals surface area contributed by atoms with Gasteiger partial charge in [-0.1, -0.05) is 0 Å². The van der Waals surface area contributed by atoms with E-state index < -0.39 is 36.8 Å². The fourth-order valence-electron chi connectivity index (χ4n) is 4.54. The molecule has 0 aliphatic rings. The molecule has 0 aromatic heterocycles. The fourth-order valence-corrected chi connectivity index (χ4v) is 30.5. The van der Waals surface area contributed by atoms with Crippen LogP contribution >= 0.6 is 0 Å². The first-order valence-corrected chi connectivity index (χ1v) is 28.6. The summed E-state index contributed by atoms with van der Waals surface area (Å²) in [7, 11) is 0. The summed E-state index contributed by atoms with van der Waals surface area (Å²) in [5, 5.41) is 0. The van der Waals surface area contributed by atoms with Crippen molar-refractivity contribution in [2.75, 3.05) is 0 Å². The maximum atomic E-state index is 4.00. The van der Waals surface area contributed by atoms with Crippen molar-refractivity contribution in [2.45, 2.75) is 145 Å². The molecule has 0 aromatic carbocycles. The quantitative estimate of drug-likeness (QED) is 0.105. The zero-order valence-corrected chi connectivity index (χ0v) is 27.4. The van der Waals surface area contributed by atoms with Crippen molar-refractivity contribution in [3.8, 4) is 19.7 Å². The zero-order valence-electron chi connectivity index (χ0n) is 21.7. The van der Waals surface area contributed by atoms with Crippen LogP contribution in [-0.2, 0) is 0 Å². The van der Waals surface area contributed by atoms with Crippen LogP contribution in [0.2, 0.25) is 26.6 Å². The Bertz CT molecular complexity index is 423. The Morgan fingerprint density at radius 3 is 0.733 bits per heavy atom. The molecule has 0 atom stereocenters. The molecule has 0 unspecified atom stereocenters. The molecule has 0 fully saturated rings. The summed E-state index contributed by atoms with van der Waals surface area (Å²) in [6.07, 6.45) is 16.4. The van der Waals surface area contributed by atoms with Gasteiger partial charge in [0.1, 0.15) is 0 Å². The summed E-state index contributed by atoms with van der Waals surface area (Å²) >= 11 is -4.68. The minimum absolute atomic E-state index is 1.33. The molecule has 0 rings (SSSR count). The van der Waals surface area contributed by atoms with Gasteiger partial charge in [-0.3, -0.25) is 0 Å². The summed E-state index contributed by atoms with van der Waals surface area (Å²) < 4.78 is 16.9. The van der Waals surface area contributed by atoms with Crippen LogP contribution in [0.25, 0.3) is 0 Å². The van der Waals surface area contributed by atoms with Gasteiger partial charge in [0, 0.05) is 0 Å². The van der Waals surface area contributed by atoms with Crippen molar-refractivity contribution in [1.82, 2.24) is 0 Å². The van der Waals surface area contributed by atoms with Gasteiger partial charge in [-0.15, -0.1) is 0 Å². The molecule has 0 nitrogen and oxygen atoms in total. The summed E-state index contributed by atoms with van der Waals surface area (Å²) in [4.78, 5) is 0. The van der Waals surface area contributed by atoms with E-state index in [9.17, 15) is 0 Å². The van der Waals surface area contributed by atoms with E-state index >= 15 is 0 Å². The number of hydrogen-bond donors (Lipinski definition) is 0. The van der Waals surface area contributed by atoms with E-state index in [-0.39, 0.29) is 0 Å². The van der Waals surface area contributed by atoms with Gasteiger partial charge in [0.05, 0.1) is 0 Å². The van der Waals surface area contributed by atoms with E-state index in [1.54, 1.807) is 0 Å². The number of rotatable bonds is 18. The molecular weight excluding hydrogens is 574 g/mol. The summed E-state index contributed by atoms with van der Waals surface area (Å²) in [6.45, 7) is 14.1. The second-order valence-electron chi connectivity index (χ2n) is 9.68. The average molecular weight is 628 g/mol. The van der Waals surface area contributed by atoms with Crippen LogP contribution in [0.5, 0.6) is 0 Å². The predicted molar refractivity (Wildman–Crippen MR) is 145 cm³/mol.